The highest BCUT2D eigenvalue weighted by Gasteiger charge is 2.41. The molecule has 0 saturated heterocycles. The number of carbonyl (C=O) groups is 1. The lowest BCUT2D eigenvalue weighted by molar-refractivity contribution is -0.122. The fraction of sp³-hybridized carbons (Fsp3) is 0.500. The van der Waals surface area contributed by atoms with E-state index in [2.05, 4.69) is 31.3 Å². The van der Waals surface area contributed by atoms with Crippen molar-refractivity contribution in [2.45, 2.75) is 45.4 Å². The lowest BCUT2D eigenvalue weighted by Crippen LogP contribution is -2.32. The maximum absolute atomic E-state index is 12.3. The van der Waals surface area contributed by atoms with E-state index in [1.807, 2.05) is 18.2 Å². The van der Waals surface area contributed by atoms with E-state index in [9.17, 15) is 10.1 Å². The summed E-state index contributed by atoms with van der Waals surface area (Å²) in [4.78, 5) is 12.3. The molecule has 1 aromatic carbocycles. The number of hydrogen-bond acceptors (Lipinski definition) is 2. The average molecular weight is 256 g/mol. The van der Waals surface area contributed by atoms with Gasteiger partial charge in [-0.15, -0.1) is 0 Å². The average Bonchev–Trinajstić information content (AvgIpc) is 2.89. The van der Waals surface area contributed by atoms with Crippen LogP contribution in [0.15, 0.2) is 24.3 Å². The Morgan fingerprint density at radius 2 is 2.05 bits per heavy atom. The molecule has 1 aliphatic rings. The first-order chi connectivity index (χ1) is 9.07. The summed E-state index contributed by atoms with van der Waals surface area (Å²) < 4.78 is 0. The second kappa shape index (κ2) is 5.44. The minimum Gasteiger partial charge on any atom is -0.325 e. The quantitative estimate of drug-likeness (QED) is 0.893. The fourth-order valence-electron chi connectivity index (χ4n) is 2.59. The number of anilines is 1. The van der Waals surface area contributed by atoms with Crippen molar-refractivity contribution in [2.75, 3.05) is 5.32 Å². The summed E-state index contributed by atoms with van der Waals surface area (Å²) in [6.45, 7) is 4.24. The molecule has 0 atom stereocenters. The van der Waals surface area contributed by atoms with Crippen molar-refractivity contribution < 1.29 is 4.79 Å². The Kier molecular flexibility index (Phi) is 3.90. The van der Waals surface area contributed by atoms with Gasteiger partial charge in [0.1, 0.15) is 5.41 Å². The highest BCUT2D eigenvalue weighted by Crippen LogP contribution is 2.38. The molecule has 0 bridgehead atoms. The first kappa shape index (κ1) is 13.6. The van der Waals surface area contributed by atoms with Crippen molar-refractivity contribution in [3.8, 4) is 6.07 Å². The zero-order chi connectivity index (χ0) is 13.9. The van der Waals surface area contributed by atoms with E-state index >= 15 is 0 Å². The first-order valence-electron chi connectivity index (χ1n) is 6.90. The lowest BCUT2D eigenvalue weighted by atomic mass is 9.87. The summed E-state index contributed by atoms with van der Waals surface area (Å²) >= 11 is 0. The van der Waals surface area contributed by atoms with Crippen LogP contribution in [-0.2, 0) is 4.79 Å². The summed E-state index contributed by atoms with van der Waals surface area (Å²) in [6, 6.07) is 10.1. The summed E-state index contributed by atoms with van der Waals surface area (Å²) in [5.74, 6) is 0.279. The minimum absolute atomic E-state index is 0.145. The molecule has 1 saturated carbocycles. The number of benzene rings is 1. The second-order valence-electron chi connectivity index (χ2n) is 5.64. The number of nitrogens with one attached hydrogen (secondary N) is 1. The lowest BCUT2D eigenvalue weighted by Gasteiger charge is -2.19. The van der Waals surface area contributed by atoms with Crippen molar-refractivity contribution in [1.29, 1.82) is 5.26 Å². The molecule has 0 spiro atoms. The third kappa shape index (κ3) is 2.78. The molecule has 0 aliphatic heterocycles. The molecular weight excluding hydrogens is 236 g/mol. The number of hydrogen-bond donors (Lipinski definition) is 1. The van der Waals surface area contributed by atoms with Gasteiger partial charge in [0.25, 0.3) is 0 Å². The summed E-state index contributed by atoms with van der Waals surface area (Å²) in [5, 5.41) is 12.2. The van der Waals surface area contributed by atoms with E-state index in [-0.39, 0.29) is 5.91 Å². The molecule has 3 nitrogen and oxygen atoms in total. The number of rotatable bonds is 3. The molecule has 0 heterocycles. The van der Waals surface area contributed by atoms with Crippen LogP contribution in [0.1, 0.15) is 51.0 Å². The van der Waals surface area contributed by atoms with Crippen LogP contribution in [0.4, 0.5) is 5.69 Å². The smallest absolute Gasteiger partial charge is 0.244 e. The molecule has 0 unspecified atom stereocenters. The summed E-state index contributed by atoms with van der Waals surface area (Å²) in [6.07, 6.45) is 3.29. The highest BCUT2D eigenvalue weighted by atomic mass is 16.2. The third-order valence-corrected chi connectivity index (χ3v) is 3.92. The number of amides is 1. The van der Waals surface area contributed by atoms with Crippen LogP contribution in [0.5, 0.6) is 0 Å². The van der Waals surface area contributed by atoms with Gasteiger partial charge < -0.3 is 5.32 Å². The van der Waals surface area contributed by atoms with Crippen molar-refractivity contribution in [2.24, 2.45) is 5.41 Å². The van der Waals surface area contributed by atoms with Gasteiger partial charge in [0.2, 0.25) is 5.91 Å². The molecule has 1 fully saturated rings. The zero-order valence-corrected chi connectivity index (χ0v) is 11.6. The molecule has 0 aromatic heterocycles. The van der Waals surface area contributed by atoms with Crippen molar-refractivity contribution >= 4 is 11.6 Å². The number of nitrogens with zero attached hydrogens (tertiary/aromatic N) is 1. The SMILES string of the molecule is CC(C)c1cccc(NC(=O)C2(C#N)CCCC2)c1. The Balaban J connectivity index is 2.15. The Morgan fingerprint density at radius 3 is 2.63 bits per heavy atom. The van der Waals surface area contributed by atoms with E-state index in [1.165, 1.54) is 5.56 Å². The van der Waals surface area contributed by atoms with E-state index in [0.29, 0.717) is 18.8 Å². The number of nitriles is 1. The van der Waals surface area contributed by atoms with Gasteiger partial charge in [0.15, 0.2) is 0 Å². The van der Waals surface area contributed by atoms with Crippen molar-refractivity contribution in [3.63, 3.8) is 0 Å². The van der Waals surface area contributed by atoms with E-state index in [4.69, 9.17) is 0 Å². The van der Waals surface area contributed by atoms with Crippen molar-refractivity contribution in [1.82, 2.24) is 0 Å². The predicted molar refractivity (Wildman–Crippen MR) is 75.7 cm³/mol. The van der Waals surface area contributed by atoms with Crippen LogP contribution < -0.4 is 5.32 Å². The standard InChI is InChI=1S/C16H20N2O/c1-12(2)13-6-5-7-14(10-13)18-15(19)16(11-17)8-3-4-9-16/h5-7,10,12H,3-4,8-9H2,1-2H3,(H,18,19). The predicted octanol–water partition coefficient (Wildman–Crippen LogP) is 3.83. The highest BCUT2D eigenvalue weighted by molar-refractivity contribution is 5.97. The van der Waals surface area contributed by atoms with Crippen LogP contribution >= 0.6 is 0 Å². The van der Waals surface area contributed by atoms with Gasteiger partial charge in [-0.1, -0.05) is 38.8 Å². The second-order valence-corrected chi connectivity index (χ2v) is 5.64. The molecule has 1 N–H and O–H groups in total. The third-order valence-electron chi connectivity index (χ3n) is 3.92. The molecule has 19 heavy (non-hydrogen) atoms. The minimum atomic E-state index is -0.812. The van der Waals surface area contributed by atoms with Crippen LogP contribution in [0, 0.1) is 16.7 Å². The molecule has 2 rings (SSSR count). The zero-order valence-electron chi connectivity index (χ0n) is 11.6. The molecule has 1 aromatic rings. The topological polar surface area (TPSA) is 52.9 Å². The van der Waals surface area contributed by atoms with E-state index in [1.54, 1.807) is 0 Å². The summed E-state index contributed by atoms with van der Waals surface area (Å²) in [5.41, 5.74) is 1.17. The maximum atomic E-state index is 12.3. The maximum Gasteiger partial charge on any atom is 0.244 e. The molecule has 1 amide bonds. The monoisotopic (exact) mass is 256 g/mol. The van der Waals surface area contributed by atoms with E-state index < -0.39 is 5.41 Å². The Hall–Kier alpha value is -1.82. The summed E-state index contributed by atoms with van der Waals surface area (Å²) in [7, 11) is 0. The normalized spacial score (nSPS) is 17.2. The van der Waals surface area contributed by atoms with Crippen molar-refractivity contribution in [3.05, 3.63) is 29.8 Å². The Bertz CT molecular complexity index is 508. The van der Waals surface area contributed by atoms with Gasteiger partial charge in [-0.3, -0.25) is 4.79 Å². The molecular formula is C16H20N2O. The molecule has 0 radical (unpaired) electrons. The molecule has 100 valence electrons. The van der Waals surface area contributed by atoms with E-state index in [0.717, 1.165) is 18.5 Å². The first-order valence-corrected chi connectivity index (χ1v) is 6.90. The largest absolute Gasteiger partial charge is 0.325 e. The van der Waals surface area contributed by atoms with Crippen LogP contribution in [0.2, 0.25) is 0 Å². The Morgan fingerprint density at radius 1 is 1.37 bits per heavy atom. The van der Waals surface area contributed by atoms with Crippen LogP contribution in [-0.4, -0.2) is 5.91 Å². The van der Waals surface area contributed by atoms with Crippen LogP contribution in [0.3, 0.4) is 0 Å². The molecule has 3 heteroatoms. The van der Waals surface area contributed by atoms with Gasteiger partial charge in [0, 0.05) is 5.69 Å². The van der Waals surface area contributed by atoms with Gasteiger partial charge in [-0.25, -0.2) is 0 Å². The van der Waals surface area contributed by atoms with Gasteiger partial charge in [-0.05, 0) is 36.5 Å². The van der Waals surface area contributed by atoms with Crippen LogP contribution in [0.25, 0.3) is 0 Å². The number of carbonyl (C=O) groups excluding carboxylic acids is 1. The Labute approximate surface area is 114 Å². The van der Waals surface area contributed by atoms with Gasteiger partial charge in [-0.2, -0.15) is 5.26 Å². The van der Waals surface area contributed by atoms with Gasteiger partial charge in [0.05, 0.1) is 6.07 Å². The fourth-order valence-corrected chi connectivity index (χ4v) is 2.59. The molecule has 1 aliphatic carbocycles. The van der Waals surface area contributed by atoms with Gasteiger partial charge >= 0.3 is 0 Å².